The van der Waals surface area contributed by atoms with E-state index in [1.807, 2.05) is 30.3 Å². The zero-order valence-corrected chi connectivity index (χ0v) is 14.2. The van der Waals surface area contributed by atoms with Crippen molar-refractivity contribution in [2.75, 3.05) is 13.0 Å². The van der Waals surface area contributed by atoms with Crippen molar-refractivity contribution in [3.63, 3.8) is 0 Å². The molecule has 0 saturated heterocycles. The second-order valence-corrected chi connectivity index (χ2v) is 6.53. The molecule has 0 aliphatic carbocycles. The fourth-order valence-corrected chi connectivity index (χ4v) is 3.16. The maximum atomic E-state index is 12.4. The standard InChI is InChI=1S/C17H13BrO3S/c1-20-15-9-16-17(22-10-21-16)8-13(15)14(19)7-4-11-2-5-12(18)6-3-11/h2-9H,10H2,1H3. The summed E-state index contributed by atoms with van der Waals surface area (Å²) in [6.07, 6.45) is 3.36. The van der Waals surface area contributed by atoms with Gasteiger partial charge in [-0.25, -0.2) is 0 Å². The van der Waals surface area contributed by atoms with Gasteiger partial charge in [-0.15, -0.1) is 0 Å². The molecular weight excluding hydrogens is 364 g/mol. The zero-order valence-electron chi connectivity index (χ0n) is 11.8. The van der Waals surface area contributed by atoms with Gasteiger partial charge in [0.15, 0.2) is 5.78 Å². The number of benzene rings is 2. The average molecular weight is 377 g/mol. The Balaban J connectivity index is 1.87. The third-order valence-electron chi connectivity index (χ3n) is 3.26. The maximum Gasteiger partial charge on any atom is 0.189 e. The molecule has 112 valence electrons. The number of thioether (sulfide) groups is 1. The Labute approximate surface area is 141 Å². The lowest BCUT2D eigenvalue weighted by molar-refractivity contribution is 0.104. The van der Waals surface area contributed by atoms with Gasteiger partial charge in [0.2, 0.25) is 0 Å². The molecule has 0 saturated carbocycles. The van der Waals surface area contributed by atoms with E-state index in [1.165, 1.54) is 0 Å². The second-order valence-electron chi connectivity index (χ2n) is 4.65. The number of fused-ring (bicyclic) bond motifs is 1. The fourth-order valence-electron chi connectivity index (χ4n) is 2.12. The van der Waals surface area contributed by atoms with Crippen LogP contribution in [0.5, 0.6) is 11.5 Å². The van der Waals surface area contributed by atoms with Crippen LogP contribution in [0.4, 0.5) is 0 Å². The summed E-state index contributed by atoms with van der Waals surface area (Å²) in [5.41, 5.74) is 1.52. The number of ketones is 1. The minimum Gasteiger partial charge on any atom is -0.496 e. The van der Waals surface area contributed by atoms with E-state index in [0.717, 1.165) is 20.7 Å². The molecule has 0 aromatic heterocycles. The number of hydrogen-bond donors (Lipinski definition) is 0. The molecule has 0 N–H and O–H groups in total. The van der Waals surface area contributed by atoms with Crippen LogP contribution >= 0.6 is 27.7 Å². The lowest BCUT2D eigenvalue weighted by Crippen LogP contribution is -1.99. The number of carbonyl (C=O) groups excluding carboxylic acids is 1. The summed E-state index contributed by atoms with van der Waals surface area (Å²) in [4.78, 5) is 13.4. The van der Waals surface area contributed by atoms with E-state index in [0.29, 0.717) is 17.3 Å². The van der Waals surface area contributed by atoms with Crippen molar-refractivity contribution in [3.05, 3.63) is 58.1 Å². The van der Waals surface area contributed by atoms with Crippen LogP contribution in [0.2, 0.25) is 0 Å². The van der Waals surface area contributed by atoms with E-state index in [4.69, 9.17) is 9.47 Å². The van der Waals surface area contributed by atoms with Gasteiger partial charge >= 0.3 is 0 Å². The summed E-state index contributed by atoms with van der Waals surface area (Å²) in [5.74, 6) is 1.79. The molecule has 0 radical (unpaired) electrons. The van der Waals surface area contributed by atoms with Gasteiger partial charge in [0.1, 0.15) is 17.4 Å². The monoisotopic (exact) mass is 376 g/mol. The Morgan fingerprint density at radius 3 is 2.82 bits per heavy atom. The highest BCUT2D eigenvalue weighted by molar-refractivity contribution is 9.10. The molecule has 2 aromatic carbocycles. The number of allylic oxidation sites excluding steroid dienone is 1. The molecule has 0 bridgehead atoms. The van der Waals surface area contributed by atoms with Crippen molar-refractivity contribution in [3.8, 4) is 11.5 Å². The summed E-state index contributed by atoms with van der Waals surface area (Å²) in [7, 11) is 1.55. The summed E-state index contributed by atoms with van der Waals surface area (Å²) in [6.45, 7) is 0. The van der Waals surface area contributed by atoms with Gasteiger partial charge in [-0.1, -0.05) is 45.9 Å². The molecule has 0 amide bonds. The smallest absolute Gasteiger partial charge is 0.189 e. The maximum absolute atomic E-state index is 12.4. The van der Waals surface area contributed by atoms with Crippen molar-refractivity contribution >= 4 is 39.6 Å². The minimum absolute atomic E-state index is 0.0879. The van der Waals surface area contributed by atoms with Gasteiger partial charge < -0.3 is 9.47 Å². The van der Waals surface area contributed by atoms with Crippen molar-refractivity contribution in [1.29, 1.82) is 0 Å². The van der Waals surface area contributed by atoms with E-state index in [2.05, 4.69) is 15.9 Å². The first-order valence-electron chi connectivity index (χ1n) is 6.63. The van der Waals surface area contributed by atoms with Crippen LogP contribution in [-0.2, 0) is 0 Å². The third-order valence-corrected chi connectivity index (χ3v) is 4.65. The molecule has 2 aromatic rings. The van der Waals surface area contributed by atoms with Crippen LogP contribution in [0.3, 0.4) is 0 Å². The van der Waals surface area contributed by atoms with E-state index >= 15 is 0 Å². The largest absolute Gasteiger partial charge is 0.496 e. The molecule has 1 heterocycles. The molecular formula is C17H13BrO3S. The summed E-state index contributed by atoms with van der Waals surface area (Å²) in [5, 5.41) is 0. The van der Waals surface area contributed by atoms with Crippen molar-refractivity contribution < 1.29 is 14.3 Å². The number of ether oxygens (including phenoxy) is 2. The molecule has 0 unspecified atom stereocenters. The first-order chi connectivity index (χ1) is 10.7. The van der Waals surface area contributed by atoms with Crippen molar-refractivity contribution in [2.45, 2.75) is 4.90 Å². The number of halogens is 1. The van der Waals surface area contributed by atoms with Gasteiger partial charge in [0.05, 0.1) is 17.6 Å². The average Bonchev–Trinajstić information content (AvgIpc) is 3.00. The van der Waals surface area contributed by atoms with Crippen LogP contribution in [0.1, 0.15) is 15.9 Å². The third kappa shape index (κ3) is 3.20. The molecule has 3 rings (SSSR count). The summed E-state index contributed by atoms with van der Waals surface area (Å²) in [6, 6.07) is 11.4. The zero-order chi connectivity index (χ0) is 15.5. The van der Waals surface area contributed by atoms with Gasteiger partial charge in [0, 0.05) is 10.5 Å². The Morgan fingerprint density at radius 2 is 2.09 bits per heavy atom. The summed E-state index contributed by atoms with van der Waals surface area (Å²) < 4.78 is 11.8. The Kier molecular flexibility index (Phi) is 4.55. The molecule has 3 nitrogen and oxygen atoms in total. The predicted molar refractivity (Wildman–Crippen MR) is 91.9 cm³/mol. The lowest BCUT2D eigenvalue weighted by Gasteiger charge is -2.08. The second kappa shape index (κ2) is 6.58. The molecule has 1 aliphatic rings. The van der Waals surface area contributed by atoms with Gasteiger partial charge in [-0.2, -0.15) is 0 Å². The highest BCUT2D eigenvalue weighted by Gasteiger charge is 2.19. The molecule has 0 fully saturated rings. The Morgan fingerprint density at radius 1 is 1.32 bits per heavy atom. The molecule has 22 heavy (non-hydrogen) atoms. The SMILES string of the molecule is COc1cc2c(cc1C(=O)C=Cc1ccc(Br)cc1)SCO2. The highest BCUT2D eigenvalue weighted by Crippen LogP contribution is 2.40. The van der Waals surface area contributed by atoms with Crippen LogP contribution in [0.15, 0.2) is 51.8 Å². The number of carbonyl (C=O) groups is 1. The number of methoxy groups -OCH3 is 1. The quantitative estimate of drug-likeness (QED) is 0.567. The van der Waals surface area contributed by atoms with E-state index in [-0.39, 0.29) is 5.78 Å². The van der Waals surface area contributed by atoms with E-state index in [1.54, 1.807) is 37.1 Å². The van der Waals surface area contributed by atoms with Gasteiger partial charge in [0.25, 0.3) is 0 Å². The fraction of sp³-hybridized carbons (Fsp3) is 0.118. The number of hydrogen-bond acceptors (Lipinski definition) is 4. The first kappa shape index (κ1) is 15.2. The van der Waals surface area contributed by atoms with Crippen molar-refractivity contribution in [1.82, 2.24) is 0 Å². The van der Waals surface area contributed by atoms with Gasteiger partial charge in [-0.05, 0) is 29.8 Å². The predicted octanol–water partition coefficient (Wildman–Crippen LogP) is 4.80. The minimum atomic E-state index is -0.0879. The van der Waals surface area contributed by atoms with Crippen molar-refractivity contribution in [2.24, 2.45) is 0 Å². The lowest BCUT2D eigenvalue weighted by atomic mass is 10.1. The van der Waals surface area contributed by atoms with Crippen LogP contribution in [0.25, 0.3) is 6.08 Å². The number of rotatable bonds is 4. The molecule has 0 spiro atoms. The van der Waals surface area contributed by atoms with Crippen LogP contribution in [-0.4, -0.2) is 18.8 Å². The van der Waals surface area contributed by atoms with Crippen LogP contribution < -0.4 is 9.47 Å². The van der Waals surface area contributed by atoms with Crippen LogP contribution in [0, 0.1) is 0 Å². The summed E-state index contributed by atoms with van der Waals surface area (Å²) >= 11 is 4.96. The first-order valence-corrected chi connectivity index (χ1v) is 8.41. The normalized spacial score (nSPS) is 13.0. The Hall–Kier alpha value is -1.72. The van der Waals surface area contributed by atoms with E-state index in [9.17, 15) is 4.79 Å². The molecule has 5 heteroatoms. The molecule has 1 aliphatic heterocycles. The van der Waals surface area contributed by atoms with Gasteiger partial charge in [-0.3, -0.25) is 4.79 Å². The Bertz CT molecular complexity index is 738. The topological polar surface area (TPSA) is 35.5 Å². The highest BCUT2D eigenvalue weighted by atomic mass is 79.9. The molecule has 0 atom stereocenters. The van der Waals surface area contributed by atoms with E-state index < -0.39 is 0 Å².